The molecule has 1 atom stereocenters. The van der Waals surface area contributed by atoms with Crippen LogP contribution in [0.5, 0.6) is 5.75 Å². The third-order valence-electron chi connectivity index (χ3n) is 5.00. The second-order valence-electron chi connectivity index (χ2n) is 7.78. The summed E-state index contributed by atoms with van der Waals surface area (Å²) < 4.78 is 0. The molecule has 1 unspecified atom stereocenters. The first-order valence-corrected chi connectivity index (χ1v) is 11.3. The largest absolute Gasteiger partial charge is 0.508 e. The Bertz CT molecular complexity index is 1140. The zero-order valence-corrected chi connectivity index (χ0v) is 20.1. The molecule has 0 fully saturated rings. The number of aliphatic hydroxyl groups is 1. The number of benzene rings is 2. The first-order chi connectivity index (χ1) is 17.4. The van der Waals surface area contributed by atoms with E-state index < -0.39 is 0 Å². The Morgan fingerprint density at radius 3 is 2.36 bits per heavy atom. The van der Waals surface area contributed by atoms with Gasteiger partial charge in [0.15, 0.2) is 5.82 Å². The number of phenols is 1. The van der Waals surface area contributed by atoms with E-state index in [1.807, 2.05) is 54.6 Å². The fourth-order valence-corrected chi connectivity index (χ4v) is 3.28. The number of aromatic nitrogens is 2. The Labute approximate surface area is 210 Å². The molecule has 0 aliphatic heterocycles. The van der Waals surface area contributed by atoms with Crippen LogP contribution in [0.3, 0.4) is 0 Å². The van der Waals surface area contributed by atoms with E-state index >= 15 is 0 Å². The molecule has 2 aromatic carbocycles. The molecule has 10 heteroatoms. The normalized spacial score (nSPS) is 11.3. The second kappa shape index (κ2) is 14.7. The molecule has 0 radical (unpaired) electrons. The van der Waals surface area contributed by atoms with Crippen LogP contribution in [0.15, 0.2) is 60.7 Å². The molecule has 0 aliphatic rings. The highest BCUT2D eigenvalue weighted by molar-refractivity contribution is 5.75. The summed E-state index contributed by atoms with van der Waals surface area (Å²) in [5, 5.41) is 25.3. The Kier molecular flexibility index (Phi) is 11.4. The van der Waals surface area contributed by atoms with Crippen LogP contribution in [0.1, 0.15) is 18.1 Å². The molecule has 8 N–H and O–H groups in total. The van der Waals surface area contributed by atoms with Gasteiger partial charge in [-0.25, -0.2) is 9.97 Å². The van der Waals surface area contributed by atoms with Gasteiger partial charge in [-0.1, -0.05) is 54.6 Å². The van der Waals surface area contributed by atoms with Crippen molar-refractivity contribution in [1.29, 1.82) is 0 Å². The molecule has 190 valence electrons. The van der Waals surface area contributed by atoms with Crippen molar-refractivity contribution in [2.24, 2.45) is 11.7 Å². The van der Waals surface area contributed by atoms with Crippen molar-refractivity contribution in [3.63, 3.8) is 0 Å². The predicted octanol–water partition coefficient (Wildman–Crippen LogP) is 1.95. The van der Waals surface area contributed by atoms with Gasteiger partial charge in [-0.3, -0.25) is 9.59 Å². The highest BCUT2D eigenvalue weighted by Crippen LogP contribution is 2.26. The SMILES string of the molecule is CC(=O)NCCNc1nc(-c2ccccc2)nc(N)c1/C=C/C(CO)Cc1ccc(O)cc1.NC=O. The number of aliphatic hydroxyl groups excluding tert-OH is 1. The van der Waals surface area contributed by atoms with E-state index in [0.29, 0.717) is 42.5 Å². The van der Waals surface area contributed by atoms with Crippen molar-refractivity contribution in [2.45, 2.75) is 13.3 Å². The van der Waals surface area contributed by atoms with Gasteiger partial charge in [-0.2, -0.15) is 0 Å². The molecule has 3 rings (SSSR count). The van der Waals surface area contributed by atoms with E-state index in [9.17, 15) is 15.0 Å². The fraction of sp³-hybridized carbons (Fsp3) is 0.231. The standard InChI is InChI=1S/C25H29N5O3.CH3NO/c1-17(32)27-13-14-28-25-22(23(26)29-24(30-25)20-5-3-2-4-6-20)12-9-19(16-31)15-18-7-10-21(33)11-8-18;2-1-3/h2-12,19,31,33H,13-16H2,1H3,(H,27,32)(H3,26,28,29,30);1H,(H2,2,3)/b12-9+;. The summed E-state index contributed by atoms with van der Waals surface area (Å²) in [6.07, 6.45) is 4.54. The van der Waals surface area contributed by atoms with Crippen LogP contribution in [0.2, 0.25) is 0 Å². The number of nitrogens with zero attached hydrogens (tertiary/aromatic N) is 2. The Balaban J connectivity index is 0.00000145. The van der Waals surface area contributed by atoms with Crippen LogP contribution in [-0.4, -0.2) is 52.2 Å². The average Bonchev–Trinajstić information content (AvgIpc) is 2.87. The van der Waals surface area contributed by atoms with E-state index in [0.717, 1.165) is 11.1 Å². The molecular formula is C26H32N6O4. The molecule has 10 nitrogen and oxygen atoms in total. The van der Waals surface area contributed by atoms with Gasteiger partial charge in [0, 0.05) is 38.1 Å². The quantitative estimate of drug-likeness (QED) is 0.184. The molecule has 1 aromatic heterocycles. The van der Waals surface area contributed by atoms with Crippen LogP contribution < -0.4 is 22.1 Å². The summed E-state index contributed by atoms with van der Waals surface area (Å²) in [6.45, 7) is 2.31. The van der Waals surface area contributed by atoms with Crippen LogP contribution in [-0.2, 0) is 16.0 Å². The molecular weight excluding hydrogens is 460 g/mol. The van der Waals surface area contributed by atoms with Gasteiger partial charge in [-0.05, 0) is 24.1 Å². The maximum atomic E-state index is 11.2. The molecule has 1 heterocycles. The maximum absolute atomic E-state index is 11.2. The fourth-order valence-electron chi connectivity index (χ4n) is 3.28. The number of hydrogen-bond acceptors (Lipinski definition) is 8. The number of nitrogens with two attached hydrogens (primary N) is 2. The predicted molar refractivity (Wildman–Crippen MR) is 141 cm³/mol. The summed E-state index contributed by atoms with van der Waals surface area (Å²) in [5.74, 6) is 1.29. The van der Waals surface area contributed by atoms with Crippen LogP contribution >= 0.6 is 0 Å². The highest BCUT2D eigenvalue weighted by atomic mass is 16.3. The topological polar surface area (TPSA) is 176 Å². The number of nitrogens with one attached hydrogen (secondary N) is 2. The number of phenolic OH excluding ortho intramolecular Hbond substituents is 1. The molecule has 0 saturated heterocycles. The number of amides is 2. The van der Waals surface area contributed by atoms with Gasteiger partial charge < -0.3 is 32.3 Å². The van der Waals surface area contributed by atoms with Crippen molar-refractivity contribution in [3.8, 4) is 17.1 Å². The van der Waals surface area contributed by atoms with E-state index in [1.165, 1.54) is 6.92 Å². The van der Waals surface area contributed by atoms with Gasteiger partial charge in [0.25, 0.3) is 0 Å². The van der Waals surface area contributed by atoms with E-state index in [2.05, 4.69) is 26.3 Å². The summed E-state index contributed by atoms with van der Waals surface area (Å²) >= 11 is 0. The lowest BCUT2D eigenvalue weighted by Gasteiger charge is -2.14. The minimum atomic E-state index is -0.157. The second-order valence-corrected chi connectivity index (χ2v) is 7.78. The summed E-state index contributed by atoms with van der Waals surface area (Å²) in [5.41, 5.74) is 12.9. The summed E-state index contributed by atoms with van der Waals surface area (Å²) in [7, 11) is 0. The van der Waals surface area contributed by atoms with Crippen molar-refractivity contribution in [3.05, 3.63) is 71.8 Å². The lowest BCUT2D eigenvalue weighted by molar-refractivity contribution is -0.118. The molecule has 0 aliphatic carbocycles. The smallest absolute Gasteiger partial charge is 0.216 e. The first-order valence-electron chi connectivity index (χ1n) is 11.3. The van der Waals surface area contributed by atoms with E-state index in [4.69, 9.17) is 10.5 Å². The molecule has 3 aromatic rings. The van der Waals surface area contributed by atoms with Gasteiger partial charge in [0.2, 0.25) is 12.3 Å². The molecule has 36 heavy (non-hydrogen) atoms. The van der Waals surface area contributed by atoms with Gasteiger partial charge in [-0.15, -0.1) is 0 Å². The number of hydrogen-bond donors (Lipinski definition) is 6. The lowest BCUT2D eigenvalue weighted by Crippen LogP contribution is -2.26. The number of anilines is 2. The van der Waals surface area contributed by atoms with Gasteiger partial charge in [0.1, 0.15) is 17.4 Å². The van der Waals surface area contributed by atoms with Crippen molar-refractivity contribution in [1.82, 2.24) is 15.3 Å². The van der Waals surface area contributed by atoms with E-state index in [-0.39, 0.29) is 30.6 Å². The Morgan fingerprint density at radius 2 is 1.75 bits per heavy atom. The summed E-state index contributed by atoms with van der Waals surface area (Å²) in [4.78, 5) is 28.9. The number of primary amides is 1. The average molecular weight is 493 g/mol. The number of aromatic hydroxyl groups is 1. The van der Waals surface area contributed by atoms with Crippen molar-refractivity contribution >= 4 is 30.0 Å². The van der Waals surface area contributed by atoms with Crippen LogP contribution in [0.25, 0.3) is 17.5 Å². The third-order valence-corrected chi connectivity index (χ3v) is 5.00. The van der Waals surface area contributed by atoms with Crippen LogP contribution in [0, 0.1) is 5.92 Å². The Morgan fingerprint density at radius 1 is 1.08 bits per heavy atom. The number of carbonyl (C=O) groups excluding carboxylic acids is 2. The zero-order valence-electron chi connectivity index (χ0n) is 20.1. The van der Waals surface area contributed by atoms with Gasteiger partial charge >= 0.3 is 0 Å². The van der Waals surface area contributed by atoms with Crippen molar-refractivity contribution < 1.29 is 19.8 Å². The molecule has 2 amide bonds. The van der Waals surface area contributed by atoms with Crippen molar-refractivity contribution in [2.75, 3.05) is 30.7 Å². The number of carbonyl (C=O) groups is 2. The minimum absolute atomic E-state index is 0.0501. The number of nitrogen functional groups attached to an aromatic ring is 1. The van der Waals surface area contributed by atoms with E-state index in [1.54, 1.807) is 12.1 Å². The zero-order chi connectivity index (χ0) is 26.3. The lowest BCUT2D eigenvalue weighted by atomic mass is 9.98. The Hall–Kier alpha value is -4.44. The third kappa shape index (κ3) is 9.07. The molecule has 0 spiro atoms. The summed E-state index contributed by atoms with van der Waals surface area (Å²) in [6, 6.07) is 16.4. The maximum Gasteiger partial charge on any atom is 0.216 e. The number of rotatable bonds is 10. The minimum Gasteiger partial charge on any atom is -0.508 e. The monoisotopic (exact) mass is 492 g/mol. The molecule has 0 bridgehead atoms. The van der Waals surface area contributed by atoms with Gasteiger partial charge in [0.05, 0.1) is 5.56 Å². The first kappa shape index (κ1) is 27.8. The molecule has 0 saturated carbocycles. The van der Waals surface area contributed by atoms with Crippen LogP contribution in [0.4, 0.5) is 11.6 Å². The highest BCUT2D eigenvalue weighted by Gasteiger charge is 2.13.